The number of para-hydroxylation sites is 1. The van der Waals surface area contributed by atoms with Gasteiger partial charge in [-0.1, -0.05) is 72.3 Å². The first-order chi connectivity index (χ1) is 13.7. The molecular formula is C25H20ClNO. The molecule has 0 unspecified atom stereocenters. The van der Waals surface area contributed by atoms with Crippen LogP contribution in [-0.4, -0.2) is 6.21 Å². The molecule has 0 aliphatic heterocycles. The van der Waals surface area contributed by atoms with Gasteiger partial charge in [-0.05, 0) is 53.1 Å². The zero-order valence-electron chi connectivity index (χ0n) is 15.6. The van der Waals surface area contributed by atoms with Gasteiger partial charge in [0.1, 0.15) is 12.4 Å². The number of ether oxygens (including phenoxy) is 1. The van der Waals surface area contributed by atoms with Crippen molar-refractivity contribution in [2.24, 2.45) is 4.99 Å². The summed E-state index contributed by atoms with van der Waals surface area (Å²) in [6, 6.07) is 28.2. The molecule has 0 fully saturated rings. The van der Waals surface area contributed by atoms with Gasteiger partial charge in [-0.3, -0.25) is 4.99 Å². The molecule has 138 valence electrons. The van der Waals surface area contributed by atoms with E-state index in [0.29, 0.717) is 11.6 Å². The molecule has 0 atom stereocenters. The van der Waals surface area contributed by atoms with Crippen LogP contribution in [0.3, 0.4) is 0 Å². The second-order valence-electron chi connectivity index (χ2n) is 6.65. The SMILES string of the molecule is Cc1ccccc1N=Cc1cc(Cl)ccc1OCc1cccc2ccccc12. The third-order valence-electron chi connectivity index (χ3n) is 4.69. The summed E-state index contributed by atoms with van der Waals surface area (Å²) in [5.41, 5.74) is 4.06. The van der Waals surface area contributed by atoms with Crippen LogP contribution in [0.4, 0.5) is 5.69 Å². The third kappa shape index (κ3) is 4.08. The van der Waals surface area contributed by atoms with Gasteiger partial charge in [0.15, 0.2) is 0 Å². The standard InChI is InChI=1S/C25H20ClNO/c1-18-7-2-5-12-24(18)27-16-21-15-22(26)13-14-25(21)28-17-20-10-6-9-19-8-3-4-11-23(19)20/h2-16H,17H2,1H3. The Morgan fingerprint density at radius 3 is 2.57 bits per heavy atom. The molecule has 4 aromatic carbocycles. The van der Waals surface area contributed by atoms with Gasteiger partial charge in [0.2, 0.25) is 0 Å². The van der Waals surface area contributed by atoms with Crippen LogP contribution >= 0.6 is 11.6 Å². The molecule has 0 radical (unpaired) electrons. The average Bonchev–Trinajstić information content (AvgIpc) is 2.72. The van der Waals surface area contributed by atoms with Crippen molar-refractivity contribution in [1.82, 2.24) is 0 Å². The Kier molecular flexibility index (Phi) is 5.41. The molecular weight excluding hydrogens is 366 g/mol. The van der Waals surface area contributed by atoms with Gasteiger partial charge in [0.05, 0.1) is 5.69 Å². The number of aliphatic imine (C=N–C) groups is 1. The molecule has 0 saturated heterocycles. The summed E-state index contributed by atoms with van der Waals surface area (Å²) >= 11 is 6.21. The first-order valence-electron chi connectivity index (χ1n) is 9.19. The summed E-state index contributed by atoms with van der Waals surface area (Å²) < 4.78 is 6.16. The highest BCUT2D eigenvalue weighted by molar-refractivity contribution is 6.30. The molecule has 3 heteroatoms. The van der Waals surface area contributed by atoms with Crippen LogP contribution in [0, 0.1) is 6.92 Å². The maximum atomic E-state index is 6.21. The molecule has 0 bridgehead atoms. The molecule has 0 aromatic heterocycles. The molecule has 0 spiro atoms. The van der Waals surface area contributed by atoms with E-state index in [1.54, 1.807) is 0 Å². The largest absolute Gasteiger partial charge is 0.488 e. The molecule has 0 saturated carbocycles. The third-order valence-corrected chi connectivity index (χ3v) is 4.93. The van der Waals surface area contributed by atoms with Crippen molar-refractivity contribution in [3.05, 3.63) is 107 Å². The van der Waals surface area contributed by atoms with Crippen LogP contribution in [0.5, 0.6) is 5.75 Å². The van der Waals surface area contributed by atoms with Crippen molar-refractivity contribution in [1.29, 1.82) is 0 Å². The first-order valence-corrected chi connectivity index (χ1v) is 9.57. The predicted octanol–water partition coefficient (Wildman–Crippen LogP) is 7.13. The lowest BCUT2D eigenvalue weighted by Gasteiger charge is -2.11. The Labute approximate surface area is 170 Å². The van der Waals surface area contributed by atoms with Crippen LogP contribution in [0.1, 0.15) is 16.7 Å². The Morgan fingerprint density at radius 1 is 0.893 bits per heavy atom. The minimum Gasteiger partial charge on any atom is -0.488 e. The maximum Gasteiger partial charge on any atom is 0.128 e. The molecule has 0 aliphatic carbocycles. The van der Waals surface area contributed by atoms with E-state index in [9.17, 15) is 0 Å². The van der Waals surface area contributed by atoms with Gasteiger partial charge >= 0.3 is 0 Å². The van der Waals surface area contributed by atoms with Gasteiger partial charge in [0.25, 0.3) is 0 Å². The molecule has 28 heavy (non-hydrogen) atoms. The number of hydrogen-bond donors (Lipinski definition) is 0. The number of nitrogens with zero attached hydrogens (tertiary/aromatic N) is 1. The molecule has 0 N–H and O–H groups in total. The van der Waals surface area contributed by atoms with Gasteiger partial charge in [-0.25, -0.2) is 0 Å². The van der Waals surface area contributed by atoms with Gasteiger partial charge in [0, 0.05) is 16.8 Å². The molecule has 0 amide bonds. The van der Waals surface area contributed by atoms with Crippen LogP contribution in [-0.2, 0) is 6.61 Å². The number of fused-ring (bicyclic) bond motifs is 1. The summed E-state index contributed by atoms with van der Waals surface area (Å²) in [6.07, 6.45) is 1.81. The van der Waals surface area contributed by atoms with Crippen molar-refractivity contribution in [3.63, 3.8) is 0 Å². The fourth-order valence-corrected chi connectivity index (χ4v) is 3.35. The van der Waals surface area contributed by atoms with Crippen LogP contribution < -0.4 is 4.74 Å². The zero-order valence-corrected chi connectivity index (χ0v) is 16.4. The number of hydrogen-bond acceptors (Lipinski definition) is 2. The van der Waals surface area contributed by atoms with Crippen molar-refractivity contribution >= 4 is 34.3 Å². The molecule has 4 aromatic rings. The van der Waals surface area contributed by atoms with E-state index in [1.165, 1.54) is 10.8 Å². The van der Waals surface area contributed by atoms with E-state index >= 15 is 0 Å². The quantitative estimate of drug-likeness (QED) is 0.335. The van der Waals surface area contributed by atoms with Crippen LogP contribution in [0.15, 0.2) is 89.9 Å². The lowest BCUT2D eigenvalue weighted by molar-refractivity contribution is 0.307. The van der Waals surface area contributed by atoms with Crippen LogP contribution in [0.25, 0.3) is 10.8 Å². The van der Waals surface area contributed by atoms with E-state index in [4.69, 9.17) is 16.3 Å². The summed E-state index contributed by atoms with van der Waals surface area (Å²) in [5, 5.41) is 3.07. The second kappa shape index (κ2) is 8.28. The van der Waals surface area contributed by atoms with Crippen molar-refractivity contribution in [2.75, 3.05) is 0 Å². The van der Waals surface area contributed by atoms with Gasteiger partial charge in [-0.15, -0.1) is 0 Å². The molecule has 0 aliphatic rings. The van der Waals surface area contributed by atoms with Gasteiger partial charge in [-0.2, -0.15) is 0 Å². The maximum absolute atomic E-state index is 6.21. The van der Waals surface area contributed by atoms with Crippen molar-refractivity contribution < 1.29 is 4.74 Å². The summed E-state index contributed by atoms with van der Waals surface area (Å²) in [4.78, 5) is 4.62. The first kappa shape index (κ1) is 18.3. The smallest absolute Gasteiger partial charge is 0.128 e. The zero-order chi connectivity index (χ0) is 19.3. The summed E-state index contributed by atoms with van der Waals surface area (Å²) in [6.45, 7) is 2.52. The van der Waals surface area contributed by atoms with E-state index in [2.05, 4.69) is 41.4 Å². The summed E-state index contributed by atoms with van der Waals surface area (Å²) in [7, 11) is 0. The Morgan fingerprint density at radius 2 is 1.68 bits per heavy atom. The molecule has 4 rings (SSSR count). The fraction of sp³-hybridized carbons (Fsp3) is 0.0800. The number of aryl methyl sites for hydroxylation is 1. The molecule has 0 heterocycles. The normalized spacial score (nSPS) is 11.2. The van der Waals surface area contributed by atoms with Crippen molar-refractivity contribution in [2.45, 2.75) is 13.5 Å². The Balaban J connectivity index is 1.61. The summed E-state index contributed by atoms with van der Waals surface area (Å²) in [5.74, 6) is 0.759. The lowest BCUT2D eigenvalue weighted by Crippen LogP contribution is -1.99. The monoisotopic (exact) mass is 385 g/mol. The minimum absolute atomic E-state index is 0.480. The Hall–Kier alpha value is -3.10. The average molecular weight is 386 g/mol. The van der Waals surface area contributed by atoms with E-state index in [-0.39, 0.29) is 0 Å². The van der Waals surface area contributed by atoms with Crippen molar-refractivity contribution in [3.8, 4) is 5.75 Å². The highest BCUT2D eigenvalue weighted by Gasteiger charge is 2.06. The highest BCUT2D eigenvalue weighted by atomic mass is 35.5. The van der Waals surface area contributed by atoms with Gasteiger partial charge < -0.3 is 4.74 Å². The Bertz CT molecular complexity index is 1140. The topological polar surface area (TPSA) is 21.6 Å². The number of halogens is 1. The minimum atomic E-state index is 0.480. The number of benzene rings is 4. The molecule has 2 nitrogen and oxygen atoms in total. The predicted molar refractivity (Wildman–Crippen MR) is 118 cm³/mol. The number of rotatable bonds is 5. The second-order valence-corrected chi connectivity index (χ2v) is 7.09. The van der Waals surface area contributed by atoms with Crippen LogP contribution in [0.2, 0.25) is 5.02 Å². The van der Waals surface area contributed by atoms with E-state index in [0.717, 1.165) is 28.1 Å². The van der Waals surface area contributed by atoms with E-state index in [1.807, 2.05) is 61.7 Å². The lowest BCUT2D eigenvalue weighted by atomic mass is 10.1. The fourth-order valence-electron chi connectivity index (χ4n) is 3.17. The van der Waals surface area contributed by atoms with E-state index < -0.39 is 0 Å². The highest BCUT2D eigenvalue weighted by Crippen LogP contribution is 2.26.